The molecule has 1 atom stereocenters. The number of benzene rings is 2. The molecule has 0 spiro atoms. The Morgan fingerprint density at radius 1 is 1.10 bits per heavy atom. The van der Waals surface area contributed by atoms with Crippen molar-refractivity contribution in [2.75, 3.05) is 0 Å². The summed E-state index contributed by atoms with van der Waals surface area (Å²) in [7, 11) is 0. The van der Waals surface area contributed by atoms with Gasteiger partial charge in [0, 0.05) is 11.1 Å². The maximum Gasteiger partial charge on any atom is 0.132 e. The molecule has 2 aromatic rings. The summed E-state index contributed by atoms with van der Waals surface area (Å²) in [4.78, 5) is 0. The number of ether oxygens (including phenoxy) is 1. The predicted octanol–water partition coefficient (Wildman–Crippen LogP) is 5.03. The van der Waals surface area contributed by atoms with Gasteiger partial charge in [0.2, 0.25) is 0 Å². The standard InChI is InChI=1S/C18H22ClNO/c1-4-16(20)10-14-7-8-15(19)11-18(14)21-17-9-12(2)5-6-13(17)3/h5-9,11,16H,4,10,20H2,1-3H3. The molecule has 0 radical (unpaired) electrons. The molecule has 0 aromatic heterocycles. The Morgan fingerprint density at radius 2 is 1.86 bits per heavy atom. The molecule has 0 aliphatic carbocycles. The lowest BCUT2D eigenvalue weighted by molar-refractivity contribution is 0.468. The minimum atomic E-state index is 0.132. The van der Waals surface area contributed by atoms with E-state index in [0.29, 0.717) is 5.02 Å². The van der Waals surface area contributed by atoms with Gasteiger partial charge in [0.1, 0.15) is 11.5 Å². The largest absolute Gasteiger partial charge is 0.457 e. The van der Waals surface area contributed by atoms with Crippen LogP contribution in [0.3, 0.4) is 0 Å². The monoisotopic (exact) mass is 303 g/mol. The van der Waals surface area contributed by atoms with Crippen LogP contribution in [0.5, 0.6) is 11.5 Å². The normalized spacial score (nSPS) is 12.2. The third-order valence-electron chi connectivity index (χ3n) is 3.60. The molecule has 3 heteroatoms. The lowest BCUT2D eigenvalue weighted by Crippen LogP contribution is -2.21. The van der Waals surface area contributed by atoms with Gasteiger partial charge in [0.25, 0.3) is 0 Å². The van der Waals surface area contributed by atoms with E-state index >= 15 is 0 Å². The molecule has 0 amide bonds. The maximum atomic E-state index is 6.11. The van der Waals surface area contributed by atoms with Gasteiger partial charge in [-0.15, -0.1) is 0 Å². The van der Waals surface area contributed by atoms with Crippen LogP contribution in [-0.2, 0) is 6.42 Å². The SMILES string of the molecule is CCC(N)Cc1ccc(Cl)cc1Oc1cc(C)ccc1C. The summed E-state index contributed by atoms with van der Waals surface area (Å²) in [6.45, 7) is 6.18. The Kier molecular flexibility index (Phi) is 5.27. The van der Waals surface area contributed by atoms with Crippen molar-refractivity contribution >= 4 is 11.6 Å². The average molecular weight is 304 g/mol. The van der Waals surface area contributed by atoms with Gasteiger partial charge in [-0.05, 0) is 61.6 Å². The van der Waals surface area contributed by atoms with Crippen molar-refractivity contribution in [3.05, 3.63) is 58.1 Å². The summed E-state index contributed by atoms with van der Waals surface area (Å²) in [5, 5.41) is 0.670. The van der Waals surface area contributed by atoms with Crippen LogP contribution in [0, 0.1) is 13.8 Å². The highest BCUT2D eigenvalue weighted by atomic mass is 35.5. The number of rotatable bonds is 5. The van der Waals surface area contributed by atoms with E-state index in [2.05, 4.69) is 26.0 Å². The lowest BCUT2D eigenvalue weighted by atomic mass is 10.0. The molecule has 0 fully saturated rings. The van der Waals surface area contributed by atoms with Gasteiger partial charge >= 0.3 is 0 Å². The molecular weight excluding hydrogens is 282 g/mol. The molecule has 2 nitrogen and oxygen atoms in total. The van der Waals surface area contributed by atoms with Crippen LogP contribution in [-0.4, -0.2) is 6.04 Å². The van der Waals surface area contributed by atoms with E-state index in [-0.39, 0.29) is 6.04 Å². The van der Waals surface area contributed by atoms with Gasteiger partial charge in [0.15, 0.2) is 0 Å². The van der Waals surface area contributed by atoms with Crippen molar-refractivity contribution in [2.24, 2.45) is 5.73 Å². The smallest absolute Gasteiger partial charge is 0.132 e. The fraction of sp³-hybridized carbons (Fsp3) is 0.333. The van der Waals surface area contributed by atoms with Gasteiger partial charge in [-0.25, -0.2) is 0 Å². The van der Waals surface area contributed by atoms with E-state index in [1.165, 1.54) is 5.56 Å². The first-order chi connectivity index (χ1) is 9.99. The van der Waals surface area contributed by atoms with Gasteiger partial charge in [-0.1, -0.05) is 36.7 Å². The fourth-order valence-corrected chi connectivity index (χ4v) is 2.32. The Hall–Kier alpha value is -1.51. The number of hydrogen-bond donors (Lipinski definition) is 1. The van der Waals surface area contributed by atoms with Crippen molar-refractivity contribution in [1.82, 2.24) is 0 Å². The minimum Gasteiger partial charge on any atom is -0.457 e. The Bertz CT molecular complexity index is 625. The van der Waals surface area contributed by atoms with Gasteiger partial charge in [-0.2, -0.15) is 0 Å². The molecule has 1 unspecified atom stereocenters. The van der Waals surface area contributed by atoms with E-state index in [1.807, 2.05) is 31.2 Å². The van der Waals surface area contributed by atoms with Crippen molar-refractivity contribution in [3.63, 3.8) is 0 Å². The molecule has 0 saturated carbocycles. The third kappa shape index (κ3) is 4.23. The van der Waals surface area contributed by atoms with Gasteiger partial charge in [-0.3, -0.25) is 0 Å². The van der Waals surface area contributed by atoms with Crippen molar-refractivity contribution in [2.45, 2.75) is 39.7 Å². The van der Waals surface area contributed by atoms with Gasteiger partial charge < -0.3 is 10.5 Å². The van der Waals surface area contributed by atoms with Crippen LogP contribution in [0.25, 0.3) is 0 Å². The molecule has 21 heavy (non-hydrogen) atoms. The third-order valence-corrected chi connectivity index (χ3v) is 3.83. The topological polar surface area (TPSA) is 35.2 Å². The lowest BCUT2D eigenvalue weighted by Gasteiger charge is -2.16. The number of hydrogen-bond acceptors (Lipinski definition) is 2. The summed E-state index contributed by atoms with van der Waals surface area (Å²) in [5.41, 5.74) is 9.44. The Balaban J connectivity index is 2.33. The first-order valence-electron chi connectivity index (χ1n) is 7.28. The van der Waals surface area contributed by atoms with Crippen molar-refractivity contribution < 1.29 is 4.74 Å². The Morgan fingerprint density at radius 3 is 2.57 bits per heavy atom. The molecule has 0 heterocycles. The highest BCUT2D eigenvalue weighted by Crippen LogP contribution is 2.31. The first kappa shape index (κ1) is 15.9. The zero-order chi connectivity index (χ0) is 15.4. The zero-order valence-electron chi connectivity index (χ0n) is 12.8. The fourth-order valence-electron chi connectivity index (χ4n) is 2.15. The summed E-state index contributed by atoms with van der Waals surface area (Å²) in [6, 6.07) is 12.1. The molecule has 0 bridgehead atoms. The van der Waals surface area contributed by atoms with E-state index < -0.39 is 0 Å². The molecule has 2 aromatic carbocycles. The van der Waals surface area contributed by atoms with E-state index in [0.717, 1.165) is 35.5 Å². The number of nitrogens with two attached hydrogens (primary N) is 1. The molecule has 112 valence electrons. The molecule has 0 aliphatic heterocycles. The highest BCUT2D eigenvalue weighted by Gasteiger charge is 2.11. The van der Waals surface area contributed by atoms with E-state index in [1.54, 1.807) is 0 Å². The summed E-state index contributed by atoms with van der Waals surface area (Å²) in [5.74, 6) is 1.66. The van der Waals surface area contributed by atoms with Crippen LogP contribution >= 0.6 is 11.6 Å². The molecule has 2 rings (SSSR count). The second-order valence-electron chi connectivity index (χ2n) is 5.50. The average Bonchev–Trinajstić information content (AvgIpc) is 2.45. The first-order valence-corrected chi connectivity index (χ1v) is 7.66. The zero-order valence-corrected chi connectivity index (χ0v) is 13.6. The highest BCUT2D eigenvalue weighted by molar-refractivity contribution is 6.30. The van der Waals surface area contributed by atoms with Crippen molar-refractivity contribution in [1.29, 1.82) is 0 Å². The predicted molar refractivity (Wildman–Crippen MR) is 89.4 cm³/mol. The van der Waals surface area contributed by atoms with Crippen LogP contribution in [0.2, 0.25) is 5.02 Å². The van der Waals surface area contributed by atoms with Crippen LogP contribution < -0.4 is 10.5 Å². The number of aryl methyl sites for hydroxylation is 2. The summed E-state index contributed by atoms with van der Waals surface area (Å²) in [6.07, 6.45) is 1.72. The second-order valence-corrected chi connectivity index (χ2v) is 5.93. The molecule has 0 saturated heterocycles. The minimum absolute atomic E-state index is 0.132. The van der Waals surface area contributed by atoms with Gasteiger partial charge in [0.05, 0.1) is 0 Å². The van der Waals surface area contributed by atoms with E-state index in [4.69, 9.17) is 22.1 Å². The van der Waals surface area contributed by atoms with Crippen LogP contribution in [0.4, 0.5) is 0 Å². The van der Waals surface area contributed by atoms with Crippen molar-refractivity contribution in [3.8, 4) is 11.5 Å². The molecule has 2 N–H and O–H groups in total. The Labute approximate surface area is 131 Å². The molecule has 0 aliphatic rings. The quantitative estimate of drug-likeness (QED) is 0.841. The van der Waals surface area contributed by atoms with Crippen LogP contribution in [0.15, 0.2) is 36.4 Å². The summed E-state index contributed by atoms with van der Waals surface area (Å²) >= 11 is 6.11. The maximum absolute atomic E-state index is 6.11. The molecular formula is C18H22ClNO. The number of halogens is 1. The van der Waals surface area contributed by atoms with E-state index in [9.17, 15) is 0 Å². The second kappa shape index (κ2) is 6.97. The van der Waals surface area contributed by atoms with Crippen LogP contribution in [0.1, 0.15) is 30.0 Å². The summed E-state index contributed by atoms with van der Waals surface area (Å²) < 4.78 is 6.11.